The van der Waals surface area contributed by atoms with E-state index in [4.69, 9.17) is 0 Å². The highest BCUT2D eigenvalue weighted by atomic mass is 16.2. The van der Waals surface area contributed by atoms with Gasteiger partial charge in [0, 0.05) is 25.5 Å². The minimum Gasteiger partial charge on any atom is -0.346 e. The molecule has 8 heteroatoms. The maximum absolute atomic E-state index is 12.5. The molecule has 0 saturated heterocycles. The molecule has 1 N–H and O–H groups in total. The van der Waals surface area contributed by atoms with Crippen molar-refractivity contribution in [3.63, 3.8) is 0 Å². The number of rotatable bonds is 5. The lowest BCUT2D eigenvalue weighted by atomic mass is 10.2. The molecule has 0 fully saturated rings. The van der Waals surface area contributed by atoms with Crippen LogP contribution in [0.15, 0.2) is 64.4 Å². The standard InChI is InChI=1S/C18H17N5O3/c1-2-22-17(25)15(16(24)20-12-13-8-10-19-11-9-13)21-23(18(22)26)14-6-4-3-5-7-14/h3-11H,2,12H2,1H3,(H,20,24). The molecule has 132 valence electrons. The van der Waals surface area contributed by atoms with Crippen LogP contribution in [0, 0.1) is 0 Å². The van der Waals surface area contributed by atoms with E-state index in [-0.39, 0.29) is 18.8 Å². The number of benzene rings is 1. The van der Waals surface area contributed by atoms with Crippen molar-refractivity contribution in [2.45, 2.75) is 20.0 Å². The van der Waals surface area contributed by atoms with E-state index in [0.717, 1.165) is 14.8 Å². The summed E-state index contributed by atoms with van der Waals surface area (Å²) in [7, 11) is 0. The lowest BCUT2D eigenvalue weighted by molar-refractivity contribution is 0.0941. The van der Waals surface area contributed by atoms with Crippen LogP contribution in [0.4, 0.5) is 0 Å². The highest BCUT2D eigenvalue weighted by molar-refractivity contribution is 5.91. The summed E-state index contributed by atoms with van der Waals surface area (Å²) in [4.78, 5) is 41.4. The number of pyridine rings is 1. The zero-order valence-electron chi connectivity index (χ0n) is 14.1. The molecular weight excluding hydrogens is 334 g/mol. The van der Waals surface area contributed by atoms with E-state index in [1.165, 1.54) is 0 Å². The van der Waals surface area contributed by atoms with Crippen LogP contribution in [0.25, 0.3) is 5.69 Å². The Balaban J connectivity index is 2.00. The van der Waals surface area contributed by atoms with Crippen molar-refractivity contribution in [1.82, 2.24) is 24.6 Å². The first-order valence-electron chi connectivity index (χ1n) is 8.08. The smallest absolute Gasteiger partial charge is 0.346 e. The maximum Gasteiger partial charge on any atom is 0.352 e. The van der Waals surface area contributed by atoms with Crippen LogP contribution >= 0.6 is 0 Å². The van der Waals surface area contributed by atoms with E-state index in [9.17, 15) is 14.4 Å². The number of aromatic nitrogens is 4. The van der Waals surface area contributed by atoms with Crippen molar-refractivity contribution in [3.8, 4) is 5.69 Å². The number of carbonyl (C=O) groups excluding carboxylic acids is 1. The normalized spacial score (nSPS) is 10.5. The molecule has 1 amide bonds. The molecule has 1 aromatic carbocycles. The molecule has 0 aliphatic heterocycles. The number of nitrogens with one attached hydrogen (secondary N) is 1. The average molecular weight is 351 g/mol. The zero-order valence-corrected chi connectivity index (χ0v) is 14.1. The Morgan fingerprint density at radius 3 is 2.42 bits per heavy atom. The van der Waals surface area contributed by atoms with E-state index in [1.807, 2.05) is 0 Å². The largest absolute Gasteiger partial charge is 0.352 e. The van der Waals surface area contributed by atoms with Crippen LogP contribution in [0.1, 0.15) is 23.0 Å². The van der Waals surface area contributed by atoms with Gasteiger partial charge in [-0.2, -0.15) is 9.78 Å². The number of carbonyl (C=O) groups is 1. The quantitative estimate of drug-likeness (QED) is 0.731. The zero-order chi connectivity index (χ0) is 18.5. The van der Waals surface area contributed by atoms with Crippen molar-refractivity contribution >= 4 is 5.91 Å². The van der Waals surface area contributed by atoms with E-state index in [1.54, 1.807) is 61.8 Å². The van der Waals surface area contributed by atoms with Gasteiger partial charge in [0.25, 0.3) is 11.5 Å². The van der Waals surface area contributed by atoms with Gasteiger partial charge in [0.1, 0.15) is 0 Å². The molecule has 0 radical (unpaired) electrons. The third-order valence-electron chi connectivity index (χ3n) is 3.79. The first-order chi connectivity index (χ1) is 12.6. The van der Waals surface area contributed by atoms with Gasteiger partial charge in [-0.1, -0.05) is 18.2 Å². The molecule has 3 aromatic rings. The molecule has 2 heterocycles. The van der Waals surface area contributed by atoms with E-state index < -0.39 is 17.2 Å². The molecule has 0 saturated carbocycles. The van der Waals surface area contributed by atoms with Gasteiger partial charge in [0.2, 0.25) is 5.69 Å². The molecule has 3 rings (SSSR count). The van der Waals surface area contributed by atoms with Crippen molar-refractivity contribution in [2.75, 3.05) is 0 Å². The van der Waals surface area contributed by atoms with Crippen LogP contribution in [0.5, 0.6) is 0 Å². The first kappa shape index (κ1) is 17.3. The summed E-state index contributed by atoms with van der Waals surface area (Å²) in [5, 5.41) is 6.66. The number of hydrogen-bond donors (Lipinski definition) is 1. The Hall–Kier alpha value is -3.55. The minimum atomic E-state index is -0.711. The first-order valence-corrected chi connectivity index (χ1v) is 8.08. The molecule has 8 nitrogen and oxygen atoms in total. The fourth-order valence-corrected chi connectivity index (χ4v) is 2.44. The number of hydrogen-bond acceptors (Lipinski definition) is 5. The molecular formula is C18H17N5O3. The van der Waals surface area contributed by atoms with Crippen LogP contribution < -0.4 is 16.6 Å². The molecule has 2 aromatic heterocycles. The van der Waals surface area contributed by atoms with Gasteiger partial charge in [-0.15, -0.1) is 0 Å². The maximum atomic E-state index is 12.5. The lowest BCUT2D eigenvalue weighted by Crippen LogP contribution is -2.45. The van der Waals surface area contributed by atoms with Crippen LogP contribution in [-0.4, -0.2) is 25.2 Å². The Morgan fingerprint density at radius 1 is 1.08 bits per heavy atom. The monoisotopic (exact) mass is 351 g/mol. The Labute approximate surface area is 148 Å². The number of nitrogens with zero attached hydrogens (tertiary/aromatic N) is 4. The second-order valence-electron chi connectivity index (χ2n) is 5.47. The van der Waals surface area contributed by atoms with Gasteiger partial charge in [-0.3, -0.25) is 19.1 Å². The fourth-order valence-electron chi connectivity index (χ4n) is 2.44. The fraction of sp³-hybridized carbons (Fsp3) is 0.167. The summed E-state index contributed by atoms with van der Waals surface area (Å²) < 4.78 is 2.05. The van der Waals surface area contributed by atoms with Crippen LogP contribution in [0.2, 0.25) is 0 Å². The molecule has 0 spiro atoms. The van der Waals surface area contributed by atoms with Gasteiger partial charge >= 0.3 is 5.69 Å². The van der Waals surface area contributed by atoms with Gasteiger partial charge in [-0.25, -0.2) is 4.79 Å². The SMILES string of the molecule is CCn1c(=O)c(C(=O)NCc2ccncc2)nn(-c2ccccc2)c1=O. The third kappa shape index (κ3) is 3.44. The highest BCUT2D eigenvalue weighted by Crippen LogP contribution is 2.02. The molecule has 0 atom stereocenters. The van der Waals surface area contributed by atoms with Crippen molar-refractivity contribution in [1.29, 1.82) is 0 Å². The third-order valence-corrected chi connectivity index (χ3v) is 3.79. The second kappa shape index (κ2) is 7.56. The van der Waals surface area contributed by atoms with Gasteiger partial charge in [0.05, 0.1) is 5.69 Å². The Morgan fingerprint density at radius 2 is 1.77 bits per heavy atom. The molecule has 26 heavy (non-hydrogen) atoms. The summed E-state index contributed by atoms with van der Waals surface area (Å²) in [5.74, 6) is -0.640. The predicted octanol–water partition coefficient (Wildman–Crippen LogP) is 0.739. The van der Waals surface area contributed by atoms with Crippen molar-refractivity contribution in [3.05, 3.63) is 87.0 Å². The highest BCUT2D eigenvalue weighted by Gasteiger charge is 2.19. The van der Waals surface area contributed by atoms with Crippen molar-refractivity contribution in [2.24, 2.45) is 0 Å². The number of amides is 1. The summed E-state index contributed by atoms with van der Waals surface area (Å²) in [6, 6.07) is 12.1. The van der Waals surface area contributed by atoms with E-state index >= 15 is 0 Å². The van der Waals surface area contributed by atoms with E-state index in [0.29, 0.717) is 5.69 Å². The molecule has 0 bridgehead atoms. The lowest BCUT2D eigenvalue weighted by Gasteiger charge is -2.11. The summed E-state index contributed by atoms with van der Waals surface area (Å²) in [6.07, 6.45) is 3.22. The van der Waals surface area contributed by atoms with Crippen molar-refractivity contribution < 1.29 is 4.79 Å². The van der Waals surface area contributed by atoms with Crippen LogP contribution in [-0.2, 0) is 13.1 Å². The topological polar surface area (TPSA) is 98.9 Å². The van der Waals surface area contributed by atoms with Gasteiger partial charge in [-0.05, 0) is 36.8 Å². The predicted molar refractivity (Wildman–Crippen MR) is 95.2 cm³/mol. The molecule has 0 unspecified atom stereocenters. The molecule has 0 aliphatic rings. The second-order valence-corrected chi connectivity index (χ2v) is 5.47. The van der Waals surface area contributed by atoms with E-state index in [2.05, 4.69) is 15.4 Å². The summed E-state index contributed by atoms with van der Waals surface area (Å²) >= 11 is 0. The van der Waals surface area contributed by atoms with Gasteiger partial charge in [0.15, 0.2) is 0 Å². The van der Waals surface area contributed by atoms with Gasteiger partial charge < -0.3 is 5.32 Å². The summed E-state index contributed by atoms with van der Waals surface area (Å²) in [5.41, 5.74) is -0.320. The minimum absolute atomic E-state index is 0.137. The summed E-state index contributed by atoms with van der Waals surface area (Å²) in [6.45, 7) is 2.02. The Bertz CT molecular complexity index is 1030. The Kier molecular flexibility index (Phi) is 5.02. The van der Waals surface area contributed by atoms with Crippen LogP contribution in [0.3, 0.4) is 0 Å². The number of para-hydroxylation sites is 1. The molecule has 0 aliphatic carbocycles. The average Bonchev–Trinajstić information content (AvgIpc) is 2.68.